The summed E-state index contributed by atoms with van der Waals surface area (Å²) in [5.74, 6) is -0.664. The van der Waals surface area contributed by atoms with Crippen LogP contribution in [0.15, 0.2) is 24.3 Å². The minimum Gasteiger partial charge on any atom is -0.500 e. The van der Waals surface area contributed by atoms with E-state index in [0.29, 0.717) is 23.2 Å². The van der Waals surface area contributed by atoms with Gasteiger partial charge in [0.15, 0.2) is 5.75 Å². The third-order valence-electron chi connectivity index (χ3n) is 3.70. The SMILES string of the molecule is COc1cc(-c2ccc(I)c3c2CNC3=O)cc([N+](=O)[O-])c1O. The number of methoxy groups -OCH3 is 1. The Labute approximate surface area is 144 Å². The highest BCUT2D eigenvalue weighted by atomic mass is 127. The number of hydrogen-bond acceptors (Lipinski definition) is 5. The lowest BCUT2D eigenvalue weighted by Crippen LogP contribution is -2.13. The smallest absolute Gasteiger partial charge is 0.315 e. The second-order valence-electron chi connectivity index (χ2n) is 4.93. The quantitative estimate of drug-likeness (QED) is 0.447. The van der Waals surface area contributed by atoms with Crippen molar-refractivity contribution < 1.29 is 19.6 Å². The van der Waals surface area contributed by atoms with Crippen LogP contribution in [-0.4, -0.2) is 23.0 Å². The third kappa shape index (κ3) is 2.48. The molecule has 0 bridgehead atoms. The van der Waals surface area contributed by atoms with Gasteiger partial charge in [0.1, 0.15) is 0 Å². The number of ether oxygens (including phenoxy) is 1. The number of fused-ring (bicyclic) bond motifs is 1. The van der Waals surface area contributed by atoms with Gasteiger partial charge in [0.2, 0.25) is 5.75 Å². The molecule has 2 aromatic rings. The van der Waals surface area contributed by atoms with E-state index < -0.39 is 16.4 Å². The topological polar surface area (TPSA) is 102 Å². The Morgan fingerprint density at radius 3 is 2.78 bits per heavy atom. The van der Waals surface area contributed by atoms with Crippen LogP contribution in [0.5, 0.6) is 11.5 Å². The van der Waals surface area contributed by atoms with Crippen LogP contribution in [0.1, 0.15) is 15.9 Å². The molecule has 3 rings (SSSR count). The van der Waals surface area contributed by atoms with Crippen molar-refractivity contribution in [3.8, 4) is 22.6 Å². The van der Waals surface area contributed by atoms with Gasteiger partial charge in [0, 0.05) is 16.2 Å². The van der Waals surface area contributed by atoms with Gasteiger partial charge in [0.25, 0.3) is 5.91 Å². The molecule has 0 unspecified atom stereocenters. The summed E-state index contributed by atoms with van der Waals surface area (Å²) in [6.07, 6.45) is 0. The van der Waals surface area contributed by atoms with Crippen LogP contribution in [0.25, 0.3) is 11.1 Å². The van der Waals surface area contributed by atoms with E-state index in [-0.39, 0.29) is 11.7 Å². The van der Waals surface area contributed by atoms with E-state index in [0.717, 1.165) is 9.13 Å². The summed E-state index contributed by atoms with van der Waals surface area (Å²) < 4.78 is 5.84. The second kappa shape index (κ2) is 5.69. The molecule has 2 aromatic carbocycles. The van der Waals surface area contributed by atoms with Crippen LogP contribution in [-0.2, 0) is 6.54 Å². The zero-order chi connectivity index (χ0) is 16.7. The fraction of sp³-hybridized carbons (Fsp3) is 0.133. The number of carbonyl (C=O) groups is 1. The summed E-state index contributed by atoms with van der Waals surface area (Å²) in [6, 6.07) is 6.39. The molecular formula is C15H11IN2O5. The average molecular weight is 426 g/mol. The molecule has 8 heteroatoms. The van der Waals surface area contributed by atoms with Crippen LogP contribution in [0.2, 0.25) is 0 Å². The van der Waals surface area contributed by atoms with Crippen molar-refractivity contribution in [2.75, 3.05) is 7.11 Å². The zero-order valence-corrected chi connectivity index (χ0v) is 14.1. The number of aromatic hydroxyl groups is 1. The lowest BCUT2D eigenvalue weighted by atomic mass is 9.96. The molecule has 0 atom stereocenters. The Balaban J connectivity index is 2.27. The number of nitrogens with one attached hydrogen (secondary N) is 1. The fourth-order valence-corrected chi connectivity index (χ4v) is 3.37. The van der Waals surface area contributed by atoms with E-state index in [9.17, 15) is 20.0 Å². The predicted octanol–water partition coefficient (Wildman–Crippen LogP) is 2.82. The predicted molar refractivity (Wildman–Crippen MR) is 90.6 cm³/mol. The Hall–Kier alpha value is -2.36. The molecule has 0 aliphatic carbocycles. The molecule has 1 aliphatic heterocycles. The van der Waals surface area contributed by atoms with Gasteiger partial charge in [-0.05, 0) is 51.4 Å². The Morgan fingerprint density at radius 1 is 1.39 bits per heavy atom. The molecule has 0 aromatic heterocycles. The molecule has 0 radical (unpaired) electrons. The van der Waals surface area contributed by atoms with Gasteiger partial charge in [0.05, 0.1) is 17.6 Å². The van der Waals surface area contributed by atoms with Crippen molar-refractivity contribution in [1.29, 1.82) is 0 Å². The van der Waals surface area contributed by atoms with E-state index in [1.54, 1.807) is 12.1 Å². The number of nitrogens with zero attached hydrogens (tertiary/aromatic N) is 1. The van der Waals surface area contributed by atoms with Crippen molar-refractivity contribution in [3.63, 3.8) is 0 Å². The number of amides is 1. The zero-order valence-electron chi connectivity index (χ0n) is 11.9. The first-order valence-corrected chi connectivity index (χ1v) is 7.67. The lowest BCUT2D eigenvalue weighted by molar-refractivity contribution is -0.385. The lowest BCUT2D eigenvalue weighted by Gasteiger charge is -2.11. The van der Waals surface area contributed by atoms with Crippen LogP contribution >= 0.6 is 22.6 Å². The van der Waals surface area contributed by atoms with E-state index in [1.807, 2.05) is 0 Å². The molecule has 7 nitrogen and oxygen atoms in total. The molecule has 1 heterocycles. The third-order valence-corrected chi connectivity index (χ3v) is 4.60. The molecule has 0 saturated carbocycles. The standard InChI is InChI=1S/C15H11IN2O5/c1-23-12-5-7(4-11(14(12)19)18(21)22)8-2-3-10(16)13-9(8)6-17-15(13)20/h2-5,19H,6H2,1H3,(H,17,20). The number of rotatable bonds is 3. The van der Waals surface area contributed by atoms with Gasteiger partial charge in [-0.25, -0.2) is 0 Å². The van der Waals surface area contributed by atoms with Gasteiger partial charge in [-0.2, -0.15) is 0 Å². The highest BCUT2D eigenvalue weighted by Crippen LogP contribution is 2.42. The first kappa shape index (κ1) is 15.5. The summed E-state index contributed by atoms with van der Waals surface area (Å²) in [7, 11) is 1.33. The van der Waals surface area contributed by atoms with Crippen molar-refractivity contribution in [2.45, 2.75) is 6.54 Å². The molecule has 1 amide bonds. The highest BCUT2D eigenvalue weighted by molar-refractivity contribution is 14.1. The minimum absolute atomic E-state index is 0.0128. The second-order valence-corrected chi connectivity index (χ2v) is 6.10. The van der Waals surface area contributed by atoms with Crippen LogP contribution in [0.3, 0.4) is 0 Å². The number of nitro groups is 1. The van der Waals surface area contributed by atoms with E-state index in [4.69, 9.17) is 4.74 Å². The number of halogens is 1. The van der Waals surface area contributed by atoms with Crippen LogP contribution < -0.4 is 10.1 Å². The Morgan fingerprint density at radius 2 is 2.13 bits per heavy atom. The number of nitro benzene ring substituents is 1. The highest BCUT2D eigenvalue weighted by Gasteiger charge is 2.27. The number of benzene rings is 2. The number of hydrogen-bond donors (Lipinski definition) is 2. The van der Waals surface area contributed by atoms with Gasteiger partial charge >= 0.3 is 5.69 Å². The molecular weight excluding hydrogens is 415 g/mol. The van der Waals surface area contributed by atoms with E-state index in [2.05, 4.69) is 27.9 Å². The molecule has 0 spiro atoms. The van der Waals surface area contributed by atoms with E-state index >= 15 is 0 Å². The van der Waals surface area contributed by atoms with Crippen molar-refractivity contribution >= 4 is 34.2 Å². The Bertz CT molecular complexity index is 850. The molecule has 23 heavy (non-hydrogen) atoms. The summed E-state index contributed by atoms with van der Waals surface area (Å²) in [5.41, 5.74) is 2.13. The van der Waals surface area contributed by atoms with Crippen LogP contribution in [0, 0.1) is 13.7 Å². The molecule has 118 valence electrons. The first-order valence-electron chi connectivity index (χ1n) is 6.59. The van der Waals surface area contributed by atoms with Crippen molar-refractivity contribution in [3.05, 3.63) is 49.1 Å². The molecule has 1 aliphatic rings. The maximum atomic E-state index is 11.9. The van der Waals surface area contributed by atoms with Crippen molar-refractivity contribution in [2.24, 2.45) is 0 Å². The number of phenolic OH excluding ortho intramolecular Hbond substituents is 1. The average Bonchev–Trinajstić information content (AvgIpc) is 2.91. The van der Waals surface area contributed by atoms with Gasteiger partial charge in [-0.1, -0.05) is 6.07 Å². The summed E-state index contributed by atoms with van der Waals surface area (Å²) >= 11 is 2.08. The monoisotopic (exact) mass is 426 g/mol. The van der Waals surface area contributed by atoms with Gasteiger partial charge in [-0.15, -0.1) is 0 Å². The normalized spacial score (nSPS) is 12.7. The molecule has 0 saturated heterocycles. The van der Waals surface area contributed by atoms with Crippen LogP contribution in [0.4, 0.5) is 5.69 Å². The molecule has 0 fully saturated rings. The van der Waals surface area contributed by atoms with Gasteiger partial charge in [-0.3, -0.25) is 14.9 Å². The van der Waals surface area contributed by atoms with Gasteiger partial charge < -0.3 is 15.2 Å². The maximum Gasteiger partial charge on any atom is 0.315 e. The fourth-order valence-electron chi connectivity index (χ4n) is 2.62. The van der Waals surface area contributed by atoms with E-state index in [1.165, 1.54) is 19.2 Å². The largest absolute Gasteiger partial charge is 0.500 e. The summed E-state index contributed by atoms with van der Waals surface area (Å²) in [4.78, 5) is 22.4. The summed E-state index contributed by atoms with van der Waals surface area (Å²) in [6.45, 7) is 0.358. The minimum atomic E-state index is -0.669. The number of carbonyl (C=O) groups excluding carboxylic acids is 1. The first-order chi connectivity index (χ1) is 10.9. The maximum absolute atomic E-state index is 11.9. The summed E-state index contributed by atoms with van der Waals surface area (Å²) in [5, 5.41) is 23.8. The van der Waals surface area contributed by atoms with Crippen molar-refractivity contribution in [1.82, 2.24) is 5.32 Å². The Kier molecular flexibility index (Phi) is 3.84. The molecule has 2 N–H and O–H groups in total. The number of phenols is 1.